The quantitative estimate of drug-likeness (QED) is 0.712. The molecule has 0 radical (unpaired) electrons. The third-order valence-electron chi connectivity index (χ3n) is 3.26. The summed E-state index contributed by atoms with van der Waals surface area (Å²) in [5.74, 6) is -0.645. The summed E-state index contributed by atoms with van der Waals surface area (Å²) in [6.07, 6.45) is 4.17. The third kappa shape index (κ3) is 3.70. The summed E-state index contributed by atoms with van der Waals surface area (Å²) in [5.41, 5.74) is 4.72. The highest BCUT2D eigenvalue weighted by Gasteiger charge is 2.35. The van der Waals surface area contributed by atoms with Crippen molar-refractivity contribution in [3.8, 4) is 0 Å². The van der Waals surface area contributed by atoms with Crippen LogP contribution < -0.4 is 11.1 Å². The van der Waals surface area contributed by atoms with E-state index < -0.39 is 17.0 Å². The summed E-state index contributed by atoms with van der Waals surface area (Å²) in [6, 6.07) is 0. The van der Waals surface area contributed by atoms with Gasteiger partial charge in [-0.3, -0.25) is 4.79 Å². The number of carbonyl (C=O) groups is 2. The van der Waals surface area contributed by atoms with Gasteiger partial charge in [-0.15, -0.1) is 0 Å². The lowest BCUT2D eigenvalue weighted by Crippen LogP contribution is -2.53. The van der Waals surface area contributed by atoms with Gasteiger partial charge in [-0.25, -0.2) is 4.79 Å². The Morgan fingerprint density at radius 3 is 2.35 bits per heavy atom. The average Bonchev–Trinajstić information content (AvgIpc) is 2.62. The fourth-order valence-corrected chi connectivity index (χ4v) is 2.27. The second kappa shape index (κ2) is 5.04. The van der Waals surface area contributed by atoms with E-state index in [-0.39, 0.29) is 12.3 Å². The van der Waals surface area contributed by atoms with Crippen LogP contribution in [0.4, 0.5) is 0 Å². The van der Waals surface area contributed by atoms with Crippen molar-refractivity contribution >= 4 is 11.9 Å². The lowest BCUT2D eigenvalue weighted by molar-refractivity contribution is -0.149. The zero-order chi connectivity index (χ0) is 13.1. The van der Waals surface area contributed by atoms with E-state index in [0.717, 1.165) is 25.7 Å². The summed E-state index contributed by atoms with van der Waals surface area (Å²) in [4.78, 5) is 23.3. The number of esters is 1. The molecule has 0 saturated heterocycles. The van der Waals surface area contributed by atoms with Crippen molar-refractivity contribution in [1.82, 2.24) is 5.32 Å². The number of nitrogens with two attached hydrogens (primary N) is 1. The highest BCUT2D eigenvalue weighted by atomic mass is 16.5. The molecule has 0 heterocycles. The van der Waals surface area contributed by atoms with Crippen LogP contribution in [0.15, 0.2) is 0 Å². The predicted molar refractivity (Wildman–Crippen MR) is 64.2 cm³/mol. The fraction of sp³-hybridized carbons (Fsp3) is 0.833. The second-order valence-corrected chi connectivity index (χ2v) is 5.41. The smallest absolute Gasteiger partial charge is 0.330 e. The van der Waals surface area contributed by atoms with E-state index >= 15 is 0 Å². The largest absolute Gasteiger partial charge is 0.467 e. The molecule has 0 aliphatic heterocycles. The Bertz CT molecular complexity index is 307. The molecule has 5 heteroatoms. The van der Waals surface area contributed by atoms with E-state index in [4.69, 9.17) is 5.73 Å². The van der Waals surface area contributed by atoms with Gasteiger partial charge in [0, 0.05) is 12.0 Å². The van der Waals surface area contributed by atoms with Crippen LogP contribution in [-0.2, 0) is 14.3 Å². The van der Waals surface area contributed by atoms with E-state index in [1.165, 1.54) is 7.11 Å². The van der Waals surface area contributed by atoms with Crippen LogP contribution >= 0.6 is 0 Å². The molecule has 5 nitrogen and oxygen atoms in total. The fourth-order valence-electron chi connectivity index (χ4n) is 2.27. The monoisotopic (exact) mass is 242 g/mol. The third-order valence-corrected chi connectivity index (χ3v) is 3.26. The first kappa shape index (κ1) is 14.0. The van der Waals surface area contributed by atoms with Crippen LogP contribution in [0.1, 0.15) is 46.0 Å². The Labute approximate surface area is 102 Å². The second-order valence-electron chi connectivity index (χ2n) is 5.41. The van der Waals surface area contributed by atoms with E-state index in [0.29, 0.717) is 0 Å². The number of amides is 1. The molecule has 0 atom stereocenters. The summed E-state index contributed by atoms with van der Waals surface area (Å²) >= 11 is 0. The maximum absolute atomic E-state index is 11.8. The molecule has 0 aromatic carbocycles. The minimum absolute atomic E-state index is 0.190. The first-order chi connectivity index (χ1) is 7.79. The Morgan fingerprint density at radius 1 is 1.35 bits per heavy atom. The van der Waals surface area contributed by atoms with Gasteiger partial charge in [-0.2, -0.15) is 0 Å². The van der Waals surface area contributed by atoms with Gasteiger partial charge in [0.2, 0.25) is 5.91 Å². The lowest BCUT2D eigenvalue weighted by atomic mass is 9.93. The van der Waals surface area contributed by atoms with Gasteiger partial charge >= 0.3 is 5.97 Å². The number of hydrogen-bond donors (Lipinski definition) is 2. The van der Waals surface area contributed by atoms with Crippen LogP contribution in [0.5, 0.6) is 0 Å². The molecule has 17 heavy (non-hydrogen) atoms. The number of methoxy groups -OCH3 is 1. The van der Waals surface area contributed by atoms with Gasteiger partial charge < -0.3 is 15.8 Å². The van der Waals surface area contributed by atoms with Crippen molar-refractivity contribution in [1.29, 1.82) is 0 Å². The normalized spacial score (nSPS) is 18.8. The first-order valence-corrected chi connectivity index (χ1v) is 5.97. The summed E-state index contributed by atoms with van der Waals surface area (Å²) in [5, 5.41) is 2.67. The molecule has 0 aromatic heterocycles. The summed E-state index contributed by atoms with van der Waals surface area (Å²) in [7, 11) is 1.30. The van der Waals surface area contributed by atoms with Crippen LogP contribution in [0.3, 0.4) is 0 Å². The maximum atomic E-state index is 11.8. The number of nitrogens with one attached hydrogen (secondary N) is 1. The Kier molecular flexibility index (Phi) is 4.14. The molecule has 1 aliphatic carbocycles. The summed E-state index contributed by atoms with van der Waals surface area (Å²) in [6.45, 7) is 3.24. The lowest BCUT2D eigenvalue weighted by Gasteiger charge is -2.27. The highest BCUT2D eigenvalue weighted by molar-refractivity contribution is 5.87. The Hall–Kier alpha value is -1.10. The molecule has 1 saturated carbocycles. The molecule has 98 valence electrons. The van der Waals surface area contributed by atoms with Crippen molar-refractivity contribution in [2.24, 2.45) is 5.73 Å². The van der Waals surface area contributed by atoms with E-state index in [1.807, 2.05) is 0 Å². The topological polar surface area (TPSA) is 81.4 Å². The predicted octanol–water partition coefficient (Wildman–Crippen LogP) is 0.716. The maximum Gasteiger partial charge on any atom is 0.330 e. The van der Waals surface area contributed by atoms with Crippen molar-refractivity contribution in [2.75, 3.05) is 7.11 Å². The number of carbonyl (C=O) groups excluding carboxylic acids is 2. The van der Waals surface area contributed by atoms with E-state index in [1.54, 1.807) is 13.8 Å². The molecular formula is C12H22N2O3. The minimum Gasteiger partial charge on any atom is -0.467 e. The van der Waals surface area contributed by atoms with Crippen molar-refractivity contribution < 1.29 is 14.3 Å². The number of ether oxygens (including phenoxy) is 1. The molecular weight excluding hydrogens is 220 g/mol. The van der Waals surface area contributed by atoms with E-state index in [9.17, 15) is 9.59 Å². The SMILES string of the molecule is COC(=O)C(C)(C)NC(=O)CC1(N)CCCC1. The molecule has 1 rings (SSSR count). The molecule has 0 spiro atoms. The first-order valence-electron chi connectivity index (χ1n) is 5.97. The standard InChI is InChI=1S/C12H22N2O3/c1-11(2,10(16)17-3)14-9(15)8-12(13)6-4-5-7-12/h4-8,13H2,1-3H3,(H,14,15). The molecule has 0 bridgehead atoms. The van der Waals surface area contributed by atoms with Crippen LogP contribution in [-0.4, -0.2) is 30.1 Å². The number of hydrogen-bond acceptors (Lipinski definition) is 4. The molecule has 3 N–H and O–H groups in total. The zero-order valence-electron chi connectivity index (χ0n) is 10.8. The molecule has 0 unspecified atom stereocenters. The number of rotatable bonds is 4. The highest BCUT2D eigenvalue weighted by Crippen LogP contribution is 2.30. The van der Waals surface area contributed by atoms with Crippen LogP contribution in [0.25, 0.3) is 0 Å². The minimum atomic E-state index is -0.999. The van der Waals surface area contributed by atoms with Gasteiger partial charge in [0.25, 0.3) is 0 Å². The van der Waals surface area contributed by atoms with Crippen molar-refractivity contribution in [3.05, 3.63) is 0 Å². The molecule has 1 amide bonds. The van der Waals surface area contributed by atoms with Gasteiger partial charge in [0.05, 0.1) is 7.11 Å². The average molecular weight is 242 g/mol. The molecule has 1 aliphatic rings. The van der Waals surface area contributed by atoms with Gasteiger partial charge in [-0.05, 0) is 26.7 Å². The van der Waals surface area contributed by atoms with Crippen LogP contribution in [0.2, 0.25) is 0 Å². The molecule has 0 aromatic rings. The van der Waals surface area contributed by atoms with Crippen LogP contribution in [0, 0.1) is 0 Å². The summed E-state index contributed by atoms with van der Waals surface area (Å²) < 4.78 is 4.63. The van der Waals surface area contributed by atoms with Crippen molar-refractivity contribution in [3.63, 3.8) is 0 Å². The molecule has 1 fully saturated rings. The van der Waals surface area contributed by atoms with Gasteiger partial charge in [-0.1, -0.05) is 12.8 Å². The Balaban J connectivity index is 2.52. The van der Waals surface area contributed by atoms with Gasteiger partial charge in [0.15, 0.2) is 0 Å². The zero-order valence-corrected chi connectivity index (χ0v) is 10.8. The van der Waals surface area contributed by atoms with E-state index in [2.05, 4.69) is 10.1 Å². The Morgan fingerprint density at radius 2 is 1.88 bits per heavy atom. The van der Waals surface area contributed by atoms with Crippen molar-refractivity contribution in [2.45, 2.75) is 57.0 Å². The van der Waals surface area contributed by atoms with Gasteiger partial charge in [0.1, 0.15) is 5.54 Å².